The van der Waals surface area contributed by atoms with Crippen LogP contribution in [0.1, 0.15) is 264 Å². The molecular weight excluding hydrogens is 918 g/mol. The molecule has 0 aromatic carbocycles. The molecule has 72 heavy (non-hydrogen) atoms. The van der Waals surface area contributed by atoms with Gasteiger partial charge in [0.2, 0.25) is 0 Å². The van der Waals surface area contributed by atoms with Gasteiger partial charge in [-0.1, -0.05) is 253 Å². The van der Waals surface area contributed by atoms with Gasteiger partial charge in [0.15, 0.2) is 6.10 Å². The van der Waals surface area contributed by atoms with Gasteiger partial charge in [0.05, 0.1) is 13.2 Å². The second kappa shape index (κ2) is 57.5. The van der Waals surface area contributed by atoms with E-state index in [0.29, 0.717) is 12.8 Å². The molecule has 0 amide bonds. The summed E-state index contributed by atoms with van der Waals surface area (Å²) in [4.78, 5) is 35.1. The van der Waals surface area contributed by atoms with Crippen LogP contribution >= 0.6 is 7.82 Å². The molecule has 0 aliphatic heterocycles. The van der Waals surface area contributed by atoms with Gasteiger partial charge in [0.25, 0.3) is 0 Å². The Morgan fingerprint density at radius 1 is 0.431 bits per heavy atom. The first kappa shape index (κ1) is 69.2. The minimum atomic E-state index is -4.39. The first-order valence-corrected chi connectivity index (χ1v) is 31.1. The maximum Gasteiger partial charge on any atom is 0.472 e. The summed E-state index contributed by atoms with van der Waals surface area (Å²) in [6, 6.07) is 0. The summed E-state index contributed by atoms with van der Waals surface area (Å²) in [5.41, 5.74) is 5.37. The Bertz CT molecular complexity index is 1450. The highest BCUT2D eigenvalue weighted by Gasteiger charge is 2.26. The lowest BCUT2D eigenvalue weighted by Crippen LogP contribution is -2.29. The molecule has 0 saturated carbocycles. The second-order valence-corrected chi connectivity index (χ2v) is 20.9. The van der Waals surface area contributed by atoms with E-state index in [-0.39, 0.29) is 32.6 Å². The number of carbonyl (C=O) groups is 2. The lowest BCUT2D eigenvalue weighted by atomic mass is 10.0. The molecule has 0 heterocycles. The number of rotatable bonds is 55. The zero-order valence-corrected chi connectivity index (χ0v) is 47.3. The van der Waals surface area contributed by atoms with Crippen molar-refractivity contribution in [3.05, 3.63) is 85.1 Å². The Morgan fingerprint density at radius 2 is 0.764 bits per heavy atom. The first-order valence-electron chi connectivity index (χ1n) is 29.6. The first-order chi connectivity index (χ1) is 35.3. The molecule has 0 aromatic rings. The smallest absolute Gasteiger partial charge is 0.462 e. The van der Waals surface area contributed by atoms with Crippen LogP contribution in [0.4, 0.5) is 0 Å². The number of nitrogens with two attached hydrogens (primary N) is 1. The molecule has 10 heteroatoms. The van der Waals surface area contributed by atoms with Crippen LogP contribution in [-0.2, 0) is 32.7 Å². The van der Waals surface area contributed by atoms with Gasteiger partial charge in [0, 0.05) is 19.4 Å². The van der Waals surface area contributed by atoms with E-state index in [1.165, 1.54) is 128 Å². The van der Waals surface area contributed by atoms with Gasteiger partial charge in [-0.05, 0) is 83.5 Å². The third-order valence-electron chi connectivity index (χ3n) is 12.5. The van der Waals surface area contributed by atoms with Crippen LogP contribution in [0, 0.1) is 0 Å². The van der Waals surface area contributed by atoms with Crippen molar-refractivity contribution in [1.82, 2.24) is 0 Å². The fourth-order valence-electron chi connectivity index (χ4n) is 8.15. The maximum atomic E-state index is 12.7. The normalized spacial score (nSPS) is 13.7. The average molecular weight is 1030 g/mol. The standard InChI is InChI=1S/C62H110NO8P/c1-3-5-7-9-11-13-15-17-19-20-21-22-23-24-25-26-27-28-29-30-31-32-33-34-35-36-37-38-39-40-41-43-45-47-49-51-53-55-62(65)71-60(59-70-72(66,67)69-57-56-63)58-68-61(64)54-52-50-48-46-44-42-18-16-14-12-10-8-6-4-2/h5,7,10-13,16-19,21-22,24-25,60H,3-4,6,8-9,14-15,20,23,26-59,63H2,1-2H3,(H,66,67)/b7-5-,12-10-,13-11-,18-16-,19-17-,22-21-,25-24-. The summed E-state index contributed by atoms with van der Waals surface area (Å²) >= 11 is 0. The van der Waals surface area contributed by atoms with Crippen LogP contribution < -0.4 is 5.73 Å². The fourth-order valence-corrected chi connectivity index (χ4v) is 8.92. The molecule has 0 fully saturated rings. The summed E-state index contributed by atoms with van der Waals surface area (Å²) in [6.07, 6.45) is 75.2. The number of hydrogen-bond donors (Lipinski definition) is 2. The molecule has 0 saturated heterocycles. The molecule has 0 radical (unpaired) electrons. The molecule has 9 nitrogen and oxygen atoms in total. The van der Waals surface area contributed by atoms with Crippen LogP contribution in [0.25, 0.3) is 0 Å². The molecular formula is C62H110NO8P. The Labute approximate surface area is 443 Å². The third kappa shape index (κ3) is 56.5. The van der Waals surface area contributed by atoms with E-state index < -0.39 is 32.5 Å². The number of unbranched alkanes of at least 4 members (excludes halogenated alkanes) is 28. The van der Waals surface area contributed by atoms with E-state index >= 15 is 0 Å². The van der Waals surface area contributed by atoms with Crippen molar-refractivity contribution in [2.45, 2.75) is 270 Å². The SMILES string of the molecule is CC/C=C\C/C=C\C/C=C\C/C=C\C/C=C\CCCCCCCCCCCCCCCCCCCCCCCC(=O)OC(COC(=O)CCCCCCC/C=C\C/C=C\CCCC)COP(=O)(O)OCCN. The highest BCUT2D eigenvalue weighted by atomic mass is 31.2. The van der Waals surface area contributed by atoms with Crippen LogP contribution in [-0.4, -0.2) is 49.3 Å². The molecule has 0 aromatic heterocycles. The number of ether oxygens (including phenoxy) is 2. The predicted octanol–water partition coefficient (Wildman–Crippen LogP) is 18.7. The zero-order chi connectivity index (χ0) is 52.4. The highest BCUT2D eigenvalue weighted by molar-refractivity contribution is 7.47. The number of hydrogen-bond acceptors (Lipinski definition) is 8. The minimum absolute atomic E-state index is 0.0501. The van der Waals surface area contributed by atoms with Gasteiger partial charge in [-0.25, -0.2) is 4.57 Å². The van der Waals surface area contributed by atoms with Crippen LogP contribution in [0.2, 0.25) is 0 Å². The monoisotopic (exact) mass is 1030 g/mol. The quantitative estimate of drug-likeness (QED) is 0.0264. The van der Waals surface area contributed by atoms with Crippen LogP contribution in [0.5, 0.6) is 0 Å². The maximum absolute atomic E-state index is 12.7. The molecule has 0 aliphatic rings. The van der Waals surface area contributed by atoms with E-state index in [2.05, 4.69) is 98.9 Å². The van der Waals surface area contributed by atoms with Gasteiger partial charge in [0.1, 0.15) is 6.61 Å². The van der Waals surface area contributed by atoms with E-state index in [1.807, 2.05) is 0 Å². The van der Waals surface area contributed by atoms with Gasteiger partial charge in [-0.15, -0.1) is 0 Å². The Morgan fingerprint density at radius 3 is 1.14 bits per heavy atom. The van der Waals surface area contributed by atoms with E-state index in [9.17, 15) is 19.0 Å². The van der Waals surface area contributed by atoms with Crippen molar-refractivity contribution in [2.24, 2.45) is 5.73 Å². The fraction of sp³-hybridized carbons (Fsp3) is 0.742. The molecule has 2 atom stereocenters. The topological polar surface area (TPSA) is 134 Å². The van der Waals surface area contributed by atoms with Crippen LogP contribution in [0.3, 0.4) is 0 Å². The summed E-state index contributed by atoms with van der Waals surface area (Å²) in [5.74, 6) is -0.839. The zero-order valence-electron chi connectivity index (χ0n) is 46.4. The Balaban J connectivity index is 3.83. The average Bonchev–Trinajstić information content (AvgIpc) is 3.37. The molecule has 416 valence electrons. The molecule has 0 spiro atoms. The van der Waals surface area contributed by atoms with Gasteiger partial charge in [-0.3, -0.25) is 18.6 Å². The van der Waals surface area contributed by atoms with Crippen molar-refractivity contribution in [3.63, 3.8) is 0 Å². The number of carbonyl (C=O) groups excluding carboxylic acids is 2. The van der Waals surface area contributed by atoms with E-state index in [1.54, 1.807) is 0 Å². The lowest BCUT2D eigenvalue weighted by molar-refractivity contribution is -0.161. The summed E-state index contributed by atoms with van der Waals surface area (Å²) < 4.78 is 33.0. The third-order valence-corrected chi connectivity index (χ3v) is 13.5. The largest absolute Gasteiger partial charge is 0.472 e. The van der Waals surface area contributed by atoms with Gasteiger partial charge in [-0.2, -0.15) is 0 Å². The number of esters is 2. The number of phosphoric ester groups is 1. The van der Waals surface area contributed by atoms with Crippen molar-refractivity contribution >= 4 is 19.8 Å². The number of phosphoric acid groups is 1. The molecule has 3 N–H and O–H groups in total. The highest BCUT2D eigenvalue weighted by Crippen LogP contribution is 2.43. The summed E-state index contributed by atoms with van der Waals surface area (Å²) in [7, 11) is -4.39. The Hall–Kier alpha value is -2.81. The Kier molecular flexibility index (Phi) is 55.2. The second-order valence-electron chi connectivity index (χ2n) is 19.5. The molecule has 2 unspecified atom stereocenters. The van der Waals surface area contributed by atoms with Crippen LogP contribution in [0.15, 0.2) is 85.1 Å². The summed E-state index contributed by atoms with van der Waals surface area (Å²) in [5, 5.41) is 0. The molecule has 0 rings (SSSR count). The number of allylic oxidation sites excluding steroid dienone is 14. The van der Waals surface area contributed by atoms with Crippen molar-refractivity contribution < 1.29 is 37.6 Å². The lowest BCUT2D eigenvalue weighted by Gasteiger charge is -2.19. The van der Waals surface area contributed by atoms with E-state index in [0.717, 1.165) is 96.3 Å². The van der Waals surface area contributed by atoms with Crippen molar-refractivity contribution in [2.75, 3.05) is 26.4 Å². The van der Waals surface area contributed by atoms with Crippen molar-refractivity contribution in [3.8, 4) is 0 Å². The van der Waals surface area contributed by atoms with E-state index in [4.69, 9.17) is 24.3 Å². The molecule has 0 aliphatic carbocycles. The van der Waals surface area contributed by atoms with Crippen molar-refractivity contribution in [1.29, 1.82) is 0 Å². The van der Waals surface area contributed by atoms with Gasteiger partial charge < -0.3 is 20.1 Å². The summed E-state index contributed by atoms with van der Waals surface area (Å²) in [6.45, 7) is 3.58. The van der Waals surface area contributed by atoms with Gasteiger partial charge >= 0.3 is 19.8 Å². The molecule has 0 bridgehead atoms. The predicted molar refractivity (Wildman–Crippen MR) is 307 cm³/mol. The minimum Gasteiger partial charge on any atom is -0.462 e.